The summed E-state index contributed by atoms with van der Waals surface area (Å²) in [6, 6.07) is 4.88. The highest BCUT2D eigenvalue weighted by atomic mass is 35.5. The van der Waals surface area contributed by atoms with E-state index in [0.717, 1.165) is 5.56 Å². The molecule has 0 aliphatic heterocycles. The molecule has 1 aromatic carbocycles. The topological polar surface area (TPSA) is 70.7 Å². The van der Waals surface area contributed by atoms with Gasteiger partial charge in [-0.3, -0.25) is 9.89 Å². The van der Waals surface area contributed by atoms with Crippen molar-refractivity contribution in [3.8, 4) is 0 Å². The zero-order chi connectivity index (χ0) is 15.6. The van der Waals surface area contributed by atoms with Crippen LogP contribution in [0.3, 0.4) is 0 Å². The number of hydrogen-bond acceptors (Lipinski definition) is 3. The Balaban J connectivity index is 2.11. The fraction of sp³-hybridized carbons (Fsp3) is 0.357. The van der Waals surface area contributed by atoms with Crippen LogP contribution in [0.5, 0.6) is 0 Å². The number of H-pyrrole nitrogens is 1. The van der Waals surface area contributed by atoms with Crippen molar-refractivity contribution in [1.29, 1.82) is 0 Å². The quantitative estimate of drug-likeness (QED) is 0.899. The average molecular weight is 327 g/mol. The Bertz CT molecular complexity index is 654. The van der Waals surface area contributed by atoms with Gasteiger partial charge in [0.2, 0.25) is 5.82 Å². The predicted molar refractivity (Wildman–Crippen MR) is 82.8 cm³/mol. The highest BCUT2D eigenvalue weighted by molar-refractivity contribution is 6.35. The van der Waals surface area contributed by atoms with Gasteiger partial charge in [-0.15, -0.1) is 5.10 Å². The Morgan fingerprint density at radius 3 is 2.57 bits per heavy atom. The van der Waals surface area contributed by atoms with E-state index in [4.69, 9.17) is 23.2 Å². The van der Waals surface area contributed by atoms with Crippen LogP contribution in [0.1, 0.15) is 54.7 Å². The van der Waals surface area contributed by atoms with Crippen LogP contribution < -0.4 is 5.32 Å². The third-order valence-corrected chi connectivity index (χ3v) is 3.59. The lowest BCUT2D eigenvalue weighted by atomic mass is 10.1. The highest BCUT2D eigenvalue weighted by Gasteiger charge is 2.18. The smallest absolute Gasteiger partial charge is 0.291 e. The first-order chi connectivity index (χ1) is 9.88. The van der Waals surface area contributed by atoms with Gasteiger partial charge in [-0.2, -0.15) is 0 Å². The molecule has 2 N–H and O–H groups in total. The molecule has 7 heteroatoms. The first kappa shape index (κ1) is 15.8. The van der Waals surface area contributed by atoms with Crippen LogP contribution in [-0.4, -0.2) is 21.1 Å². The number of hydrogen-bond donors (Lipinski definition) is 2. The summed E-state index contributed by atoms with van der Waals surface area (Å²) < 4.78 is 0. The van der Waals surface area contributed by atoms with Gasteiger partial charge in [0.1, 0.15) is 5.82 Å². The first-order valence-corrected chi connectivity index (χ1v) is 7.32. The van der Waals surface area contributed by atoms with Crippen LogP contribution in [0, 0.1) is 0 Å². The predicted octanol–water partition coefficient (Wildman–Crippen LogP) is 3.73. The van der Waals surface area contributed by atoms with Gasteiger partial charge < -0.3 is 5.32 Å². The van der Waals surface area contributed by atoms with Gasteiger partial charge in [0, 0.05) is 16.0 Å². The largest absolute Gasteiger partial charge is 0.343 e. The van der Waals surface area contributed by atoms with Gasteiger partial charge in [0.15, 0.2) is 0 Å². The maximum atomic E-state index is 12.1. The molecule has 1 aromatic heterocycles. The second kappa shape index (κ2) is 6.45. The zero-order valence-corrected chi connectivity index (χ0v) is 13.5. The number of aromatic amines is 1. The lowest BCUT2D eigenvalue weighted by Gasteiger charge is -2.14. The maximum absolute atomic E-state index is 12.1. The summed E-state index contributed by atoms with van der Waals surface area (Å²) in [5, 5.41) is 10.5. The minimum atomic E-state index is -0.350. The maximum Gasteiger partial charge on any atom is 0.291 e. The van der Waals surface area contributed by atoms with Crippen LogP contribution in [-0.2, 0) is 0 Å². The molecule has 0 aliphatic rings. The number of nitrogens with zero attached hydrogens (tertiary/aromatic N) is 2. The van der Waals surface area contributed by atoms with E-state index in [2.05, 4.69) is 20.5 Å². The third-order valence-electron chi connectivity index (χ3n) is 3.03. The normalized spacial score (nSPS) is 12.5. The van der Waals surface area contributed by atoms with E-state index >= 15 is 0 Å². The number of halogens is 2. The minimum absolute atomic E-state index is 0.121. The molecular formula is C14H16Cl2N4O. The van der Waals surface area contributed by atoms with Gasteiger partial charge in [-0.25, -0.2) is 4.98 Å². The first-order valence-electron chi connectivity index (χ1n) is 6.56. The van der Waals surface area contributed by atoms with Crippen molar-refractivity contribution >= 4 is 29.1 Å². The van der Waals surface area contributed by atoms with E-state index in [1.807, 2.05) is 20.8 Å². The molecule has 0 aliphatic carbocycles. The number of nitrogens with one attached hydrogen (secondary N) is 2. The summed E-state index contributed by atoms with van der Waals surface area (Å²) in [6.45, 7) is 5.78. The number of carbonyl (C=O) groups is 1. The van der Waals surface area contributed by atoms with Crippen molar-refractivity contribution < 1.29 is 4.79 Å². The molecule has 0 spiro atoms. The summed E-state index contributed by atoms with van der Waals surface area (Å²) in [5.41, 5.74) is 0.786. The molecule has 0 saturated carbocycles. The summed E-state index contributed by atoms with van der Waals surface area (Å²) in [6.07, 6.45) is 0. The minimum Gasteiger partial charge on any atom is -0.343 e. The van der Waals surface area contributed by atoms with Crippen molar-refractivity contribution in [1.82, 2.24) is 20.5 Å². The van der Waals surface area contributed by atoms with Gasteiger partial charge >= 0.3 is 0 Å². The molecular weight excluding hydrogens is 311 g/mol. The molecule has 112 valence electrons. The molecule has 0 radical (unpaired) electrons. The van der Waals surface area contributed by atoms with E-state index in [-0.39, 0.29) is 23.7 Å². The lowest BCUT2D eigenvalue weighted by Crippen LogP contribution is -2.27. The third kappa shape index (κ3) is 3.74. The number of aromatic nitrogens is 3. The second-order valence-electron chi connectivity index (χ2n) is 5.06. The zero-order valence-electron chi connectivity index (χ0n) is 11.9. The van der Waals surface area contributed by atoms with Crippen molar-refractivity contribution in [2.75, 3.05) is 0 Å². The van der Waals surface area contributed by atoms with E-state index < -0.39 is 0 Å². The number of benzene rings is 1. The molecule has 1 unspecified atom stereocenters. The Labute approximate surface area is 133 Å². The monoisotopic (exact) mass is 326 g/mol. The fourth-order valence-corrected chi connectivity index (χ4v) is 2.40. The molecule has 1 amide bonds. The van der Waals surface area contributed by atoms with E-state index in [0.29, 0.717) is 15.9 Å². The van der Waals surface area contributed by atoms with E-state index in [1.165, 1.54) is 0 Å². The summed E-state index contributed by atoms with van der Waals surface area (Å²) >= 11 is 12.0. The molecule has 2 aromatic rings. The van der Waals surface area contributed by atoms with Gasteiger partial charge in [0.05, 0.1) is 6.04 Å². The molecule has 0 saturated heterocycles. The van der Waals surface area contributed by atoms with Crippen LogP contribution >= 0.6 is 23.2 Å². The Hall–Kier alpha value is -1.59. The van der Waals surface area contributed by atoms with Crippen molar-refractivity contribution in [3.63, 3.8) is 0 Å². The molecule has 5 nitrogen and oxygen atoms in total. The molecule has 1 heterocycles. The van der Waals surface area contributed by atoms with Crippen molar-refractivity contribution in [3.05, 3.63) is 45.5 Å². The van der Waals surface area contributed by atoms with E-state index in [9.17, 15) is 4.79 Å². The number of carbonyl (C=O) groups excluding carboxylic acids is 1. The summed E-state index contributed by atoms with van der Waals surface area (Å²) in [4.78, 5) is 16.3. The summed E-state index contributed by atoms with van der Waals surface area (Å²) in [7, 11) is 0. The highest BCUT2D eigenvalue weighted by Crippen LogP contribution is 2.26. The molecule has 0 fully saturated rings. The van der Waals surface area contributed by atoms with Gasteiger partial charge in [-0.1, -0.05) is 43.1 Å². The van der Waals surface area contributed by atoms with Gasteiger partial charge in [0.25, 0.3) is 5.91 Å². The summed E-state index contributed by atoms with van der Waals surface area (Å²) in [5.74, 6) is 0.631. The van der Waals surface area contributed by atoms with E-state index in [1.54, 1.807) is 18.2 Å². The van der Waals surface area contributed by atoms with Crippen LogP contribution in [0.2, 0.25) is 10.0 Å². The Morgan fingerprint density at radius 2 is 2.00 bits per heavy atom. The SMILES string of the molecule is CC(C)c1nc(C(=O)NC(C)c2ccc(Cl)cc2Cl)n[nH]1. The number of amides is 1. The molecule has 0 bridgehead atoms. The van der Waals surface area contributed by atoms with Crippen LogP contribution in [0.25, 0.3) is 0 Å². The number of rotatable bonds is 4. The van der Waals surface area contributed by atoms with Crippen molar-refractivity contribution in [2.45, 2.75) is 32.7 Å². The molecule has 2 rings (SSSR count). The Kier molecular flexibility index (Phi) is 4.85. The lowest BCUT2D eigenvalue weighted by molar-refractivity contribution is 0.0929. The van der Waals surface area contributed by atoms with Gasteiger partial charge in [-0.05, 0) is 24.6 Å². The molecule has 1 atom stereocenters. The van der Waals surface area contributed by atoms with Crippen molar-refractivity contribution in [2.24, 2.45) is 0 Å². The van der Waals surface area contributed by atoms with Crippen LogP contribution in [0.4, 0.5) is 0 Å². The second-order valence-corrected chi connectivity index (χ2v) is 5.90. The fourth-order valence-electron chi connectivity index (χ4n) is 1.83. The van der Waals surface area contributed by atoms with Crippen LogP contribution in [0.15, 0.2) is 18.2 Å². The average Bonchev–Trinajstić information content (AvgIpc) is 2.88. The molecule has 21 heavy (non-hydrogen) atoms. The Morgan fingerprint density at radius 1 is 1.29 bits per heavy atom. The standard InChI is InChI=1S/C14H16Cl2N4O/c1-7(2)12-18-13(20-19-12)14(21)17-8(3)10-5-4-9(15)6-11(10)16/h4-8H,1-3H3,(H,17,21)(H,18,19,20).